The van der Waals surface area contributed by atoms with E-state index in [1.54, 1.807) is 26.8 Å². The molecule has 1 fully saturated rings. The van der Waals surface area contributed by atoms with Gasteiger partial charge in [0.05, 0.1) is 12.6 Å². The van der Waals surface area contributed by atoms with Gasteiger partial charge in [0.2, 0.25) is 5.91 Å². The number of ether oxygens (including phenoxy) is 1. The molecule has 1 atom stereocenters. The van der Waals surface area contributed by atoms with Crippen LogP contribution in [-0.2, 0) is 9.53 Å². The molecule has 0 aliphatic carbocycles. The predicted molar refractivity (Wildman–Crippen MR) is 66.0 cm³/mol. The molecule has 1 heterocycles. The second-order valence-electron chi connectivity index (χ2n) is 5.13. The Balaban J connectivity index is 2.57. The van der Waals surface area contributed by atoms with Crippen LogP contribution in [0.15, 0.2) is 11.6 Å². The fourth-order valence-corrected chi connectivity index (χ4v) is 1.54. The molecular formula is C12H20N2O4. The highest BCUT2D eigenvalue weighted by Gasteiger charge is 2.21. The van der Waals surface area contributed by atoms with Gasteiger partial charge in [-0.15, -0.1) is 0 Å². The van der Waals surface area contributed by atoms with Crippen LogP contribution in [0.5, 0.6) is 0 Å². The van der Waals surface area contributed by atoms with Gasteiger partial charge in [-0.05, 0) is 27.2 Å². The maximum atomic E-state index is 11.5. The summed E-state index contributed by atoms with van der Waals surface area (Å²) in [6.45, 7) is 5.57. The van der Waals surface area contributed by atoms with Gasteiger partial charge in [-0.25, -0.2) is 4.79 Å². The van der Waals surface area contributed by atoms with Crippen LogP contribution in [0.3, 0.4) is 0 Å². The summed E-state index contributed by atoms with van der Waals surface area (Å²) in [4.78, 5) is 22.8. The normalized spacial score (nSPS) is 19.6. The van der Waals surface area contributed by atoms with Gasteiger partial charge in [-0.2, -0.15) is 0 Å². The number of amides is 2. The maximum Gasteiger partial charge on any atom is 0.408 e. The lowest BCUT2D eigenvalue weighted by Crippen LogP contribution is -2.40. The number of aliphatic hydroxyl groups excluding tert-OH is 1. The molecule has 0 spiro atoms. The lowest BCUT2D eigenvalue weighted by molar-refractivity contribution is -0.116. The van der Waals surface area contributed by atoms with E-state index in [1.165, 1.54) is 0 Å². The van der Waals surface area contributed by atoms with Crippen LogP contribution in [0, 0.1) is 0 Å². The zero-order chi connectivity index (χ0) is 13.8. The minimum Gasteiger partial charge on any atom is -0.444 e. The summed E-state index contributed by atoms with van der Waals surface area (Å²) in [5.41, 5.74) is -0.0211. The molecule has 1 unspecified atom stereocenters. The molecule has 3 N–H and O–H groups in total. The SMILES string of the molecule is CC(C)(C)OC(=O)NC(/C=C1\CCNC1=O)CO. The molecule has 0 aromatic carbocycles. The van der Waals surface area contributed by atoms with Crippen LogP contribution in [0.25, 0.3) is 0 Å². The first-order chi connectivity index (χ1) is 8.31. The van der Waals surface area contributed by atoms with Crippen LogP contribution in [-0.4, -0.2) is 41.9 Å². The number of carbonyl (C=O) groups is 2. The molecular weight excluding hydrogens is 236 g/mol. The quantitative estimate of drug-likeness (QED) is 0.634. The highest BCUT2D eigenvalue weighted by atomic mass is 16.6. The summed E-state index contributed by atoms with van der Waals surface area (Å²) in [6, 6.07) is -0.612. The first-order valence-electron chi connectivity index (χ1n) is 5.91. The monoisotopic (exact) mass is 256 g/mol. The number of nitrogens with one attached hydrogen (secondary N) is 2. The molecule has 6 nitrogen and oxygen atoms in total. The van der Waals surface area contributed by atoms with Crippen molar-refractivity contribution in [3.8, 4) is 0 Å². The van der Waals surface area contributed by atoms with Crippen LogP contribution >= 0.6 is 0 Å². The van der Waals surface area contributed by atoms with Crippen LogP contribution in [0.4, 0.5) is 4.79 Å². The summed E-state index contributed by atoms with van der Waals surface area (Å²) in [5, 5.41) is 14.3. The second-order valence-corrected chi connectivity index (χ2v) is 5.13. The van der Waals surface area contributed by atoms with Crippen molar-refractivity contribution in [2.45, 2.75) is 38.8 Å². The third kappa shape index (κ3) is 4.75. The number of aliphatic hydroxyl groups is 1. The van der Waals surface area contributed by atoms with Gasteiger partial charge in [0.15, 0.2) is 0 Å². The van der Waals surface area contributed by atoms with Crippen molar-refractivity contribution < 1.29 is 19.4 Å². The third-order valence-electron chi connectivity index (χ3n) is 2.27. The molecule has 0 radical (unpaired) electrons. The number of hydrogen-bond donors (Lipinski definition) is 3. The number of carbonyl (C=O) groups excluding carboxylic acids is 2. The Morgan fingerprint density at radius 1 is 1.61 bits per heavy atom. The summed E-state index contributed by atoms with van der Waals surface area (Å²) < 4.78 is 5.07. The van der Waals surface area contributed by atoms with Gasteiger partial charge in [-0.1, -0.05) is 6.08 Å². The molecule has 1 aliphatic heterocycles. The van der Waals surface area contributed by atoms with Crippen LogP contribution < -0.4 is 10.6 Å². The number of alkyl carbamates (subject to hydrolysis) is 1. The fourth-order valence-electron chi connectivity index (χ4n) is 1.54. The molecule has 102 valence electrons. The summed E-state index contributed by atoms with van der Waals surface area (Å²) >= 11 is 0. The molecule has 0 aromatic heterocycles. The molecule has 1 aliphatic rings. The van der Waals surface area contributed by atoms with Gasteiger partial charge < -0.3 is 20.5 Å². The van der Waals surface area contributed by atoms with Crippen LogP contribution in [0.1, 0.15) is 27.2 Å². The third-order valence-corrected chi connectivity index (χ3v) is 2.27. The summed E-state index contributed by atoms with van der Waals surface area (Å²) in [6.07, 6.45) is 1.55. The Kier molecular flexibility index (Phi) is 4.72. The molecule has 1 rings (SSSR count). The summed E-state index contributed by atoms with van der Waals surface area (Å²) in [5.74, 6) is -0.153. The Bertz CT molecular complexity index is 358. The van der Waals surface area contributed by atoms with Crippen molar-refractivity contribution in [2.75, 3.05) is 13.2 Å². The number of hydrogen-bond acceptors (Lipinski definition) is 4. The molecule has 0 saturated carbocycles. The van der Waals surface area contributed by atoms with Gasteiger partial charge in [0, 0.05) is 12.1 Å². The Hall–Kier alpha value is -1.56. The Labute approximate surface area is 106 Å². The predicted octanol–water partition coefficient (Wildman–Crippen LogP) is 0.318. The molecule has 2 amide bonds. The average molecular weight is 256 g/mol. The Morgan fingerprint density at radius 2 is 2.28 bits per heavy atom. The highest BCUT2D eigenvalue weighted by molar-refractivity contribution is 5.95. The van der Waals surface area contributed by atoms with Gasteiger partial charge in [0.25, 0.3) is 0 Å². The largest absolute Gasteiger partial charge is 0.444 e. The first-order valence-corrected chi connectivity index (χ1v) is 5.91. The van der Waals surface area contributed by atoms with Crippen molar-refractivity contribution in [3.63, 3.8) is 0 Å². The standard InChI is InChI=1S/C12H20N2O4/c1-12(2,3)18-11(17)14-9(7-15)6-8-4-5-13-10(8)16/h6,9,15H,4-5,7H2,1-3H3,(H,13,16)(H,14,17)/b8-6+. The average Bonchev–Trinajstić information content (AvgIpc) is 2.60. The zero-order valence-electron chi connectivity index (χ0n) is 10.9. The van der Waals surface area contributed by atoms with Crippen molar-refractivity contribution in [3.05, 3.63) is 11.6 Å². The minimum atomic E-state index is -0.614. The van der Waals surface area contributed by atoms with E-state index in [9.17, 15) is 14.7 Å². The van der Waals surface area contributed by atoms with Gasteiger partial charge in [-0.3, -0.25) is 4.79 Å². The lowest BCUT2D eigenvalue weighted by atomic mass is 10.1. The maximum absolute atomic E-state index is 11.5. The van der Waals surface area contributed by atoms with Gasteiger partial charge >= 0.3 is 6.09 Å². The van der Waals surface area contributed by atoms with Crippen LogP contribution in [0.2, 0.25) is 0 Å². The fraction of sp³-hybridized carbons (Fsp3) is 0.667. The van der Waals surface area contributed by atoms with Crippen molar-refractivity contribution in [2.24, 2.45) is 0 Å². The molecule has 0 aromatic rings. The first kappa shape index (κ1) is 14.5. The van der Waals surface area contributed by atoms with E-state index in [4.69, 9.17) is 4.74 Å². The molecule has 18 heavy (non-hydrogen) atoms. The van der Waals surface area contributed by atoms with Crippen molar-refractivity contribution in [1.82, 2.24) is 10.6 Å². The summed E-state index contributed by atoms with van der Waals surface area (Å²) in [7, 11) is 0. The molecule has 1 saturated heterocycles. The topological polar surface area (TPSA) is 87.7 Å². The Morgan fingerprint density at radius 3 is 2.72 bits per heavy atom. The van der Waals surface area contributed by atoms with Crippen molar-refractivity contribution >= 4 is 12.0 Å². The number of rotatable bonds is 3. The highest BCUT2D eigenvalue weighted by Crippen LogP contribution is 2.10. The van der Waals surface area contributed by atoms with Gasteiger partial charge in [0.1, 0.15) is 5.60 Å². The van der Waals surface area contributed by atoms with E-state index < -0.39 is 17.7 Å². The van der Waals surface area contributed by atoms with E-state index in [0.717, 1.165) is 0 Å². The molecule has 6 heteroatoms. The smallest absolute Gasteiger partial charge is 0.408 e. The van der Waals surface area contributed by atoms with E-state index in [2.05, 4.69) is 10.6 Å². The molecule has 0 bridgehead atoms. The van der Waals surface area contributed by atoms with E-state index in [0.29, 0.717) is 18.5 Å². The van der Waals surface area contributed by atoms with E-state index in [1.807, 2.05) is 0 Å². The second kappa shape index (κ2) is 5.86. The van der Waals surface area contributed by atoms with E-state index >= 15 is 0 Å². The van der Waals surface area contributed by atoms with E-state index in [-0.39, 0.29) is 12.5 Å². The lowest BCUT2D eigenvalue weighted by Gasteiger charge is -2.21. The van der Waals surface area contributed by atoms with Crippen molar-refractivity contribution in [1.29, 1.82) is 0 Å². The minimum absolute atomic E-state index is 0.153. The zero-order valence-corrected chi connectivity index (χ0v) is 10.9.